The van der Waals surface area contributed by atoms with Crippen molar-refractivity contribution in [3.05, 3.63) is 112 Å². The first-order chi connectivity index (χ1) is 15.6. The maximum Gasteiger partial charge on any atom is 0.212 e. The molecule has 0 bridgehead atoms. The molecule has 152 valence electrons. The molecule has 0 atom stereocenters. The molecule has 1 aliphatic carbocycles. The van der Waals surface area contributed by atoms with Crippen molar-refractivity contribution in [3.63, 3.8) is 0 Å². The molecule has 2 aromatic heterocycles. The highest BCUT2D eigenvalue weighted by Crippen LogP contribution is 2.39. The Kier molecular flexibility index (Phi) is 4.06. The number of hydrogen-bond acceptors (Lipinski definition) is 4. The summed E-state index contributed by atoms with van der Waals surface area (Å²) in [5.74, 6) is -0.507. The monoisotopic (exact) mass is 435 g/mol. The standard InChI is InChI=1S/C26H14ClN3O2/c27-17-12-10-15(11-13-17)20-14-21-28-23(25(31)16-6-2-1-3-7-16)22-24(30(21)29-20)18-8-4-5-9-19(18)26(22)32/h1-14H. The molecule has 0 saturated carbocycles. The molecule has 0 amide bonds. The Bertz CT molecular complexity index is 1550. The van der Waals surface area contributed by atoms with Crippen LogP contribution in [0.4, 0.5) is 0 Å². The topological polar surface area (TPSA) is 64.3 Å². The fourth-order valence-electron chi connectivity index (χ4n) is 4.14. The molecule has 0 N–H and O–H groups in total. The summed E-state index contributed by atoms with van der Waals surface area (Å²) in [5.41, 5.74) is 4.83. The van der Waals surface area contributed by atoms with Gasteiger partial charge >= 0.3 is 0 Å². The van der Waals surface area contributed by atoms with Crippen LogP contribution >= 0.6 is 11.6 Å². The number of rotatable bonds is 3. The lowest BCUT2D eigenvalue weighted by molar-refractivity contribution is 0.100. The molecular weight excluding hydrogens is 422 g/mol. The van der Waals surface area contributed by atoms with E-state index in [0.29, 0.717) is 38.7 Å². The van der Waals surface area contributed by atoms with Crippen LogP contribution in [-0.4, -0.2) is 26.2 Å². The Hall–Kier alpha value is -4.09. The summed E-state index contributed by atoms with van der Waals surface area (Å²) < 4.78 is 1.66. The van der Waals surface area contributed by atoms with Crippen LogP contribution in [0.15, 0.2) is 84.9 Å². The van der Waals surface area contributed by atoms with Crippen LogP contribution in [0.3, 0.4) is 0 Å². The number of fused-ring (bicyclic) bond motifs is 5. The quantitative estimate of drug-likeness (QED) is 0.345. The third-order valence-corrected chi connectivity index (χ3v) is 5.90. The Labute approximate surface area is 187 Å². The predicted molar refractivity (Wildman–Crippen MR) is 122 cm³/mol. The van der Waals surface area contributed by atoms with Crippen LogP contribution in [0.5, 0.6) is 0 Å². The number of ketones is 2. The minimum absolute atomic E-state index is 0.141. The zero-order valence-corrected chi connectivity index (χ0v) is 17.4. The van der Waals surface area contributed by atoms with Crippen molar-refractivity contribution in [2.24, 2.45) is 0 Å². The van der Waals surface area contributed by atoms with Gasteiger partial charge in [0.25, 0.3) is 0 Å². The van der Waals surface area contributed by atoms with Gasteiger partial charge in [-0.25, -0.2) is 9.50 Å². The molecule has 1 aliphatic rings. The summed E-state index contributed by atoms with van der Waals surface area (Å²) in [7, 11) is 0. The first kappa shape index (κ1) is 18.7. The summed E-state index contributed by atoms with van der Waals surface area (Å²) in [4.78, 5) is 31.4. The van der Waals surface area contributed by atoms with Gasteiger partial charge in [-0.1, -0.05) is 78.3 Å². The minimum Gasteiger partial charge on any atom is -0.288 e. The van der Waals surface area contributed by atoms with Crippen molar-refractivity contribution >= 4 is 28.8 Å². The van der Waals surface area contributed by atoms with Crippen molar-refractivity contribution in [1.29, 1.82) is 0 Å². The molecule has 2 heterocycles. The smallest absolute Gasteiger partial charge is 0.212 e. The number of hydrogen-bond donors (Lipinski definition) is 0. The van der Waals surface area contributed by atoms with Gasteiger partial charge in [0.15, 0.2) is 11.4 Å². The van der Waals surface area contributed by atoms with E-state index in [0.717, 1.165) is 11.1 Å². The minimum atomic E-state index is -0.292. The molecule has 0 radical (unpaired) electrons. The average molecular weight is 436 g/mol. The fourth-order valence-corrected chi connectivity index (χ4v) is 4.27. The average Bonchev–Trinajstić information content (AvgIpc) is 3.39. The van der Waals surface area contributed by atoms with Crippen molar-refractivity contribution < 1.29 is 9.59 Å². The van der Waals surface area contributed by atoms with E-state index in [4.69, 9.17) is 16.7 Å². The van der Waals surface area contributed by atoms with E-state index in [9.17, 15) is 9.59 Å². The van der Waals surface area contributed by atoms with Gasteiger partial charge in [-0.05, 0) is 12.1 Å². The summed E-state index contributed by atoms with van der Waals surface area (Å²) in [6.07, 6.45) is 0. The number of aromatic nitrogens is 3. The normalized spacial score (nSPS) is 12.1. The van der Waals surface area contributed by atoms with Crippen LogP contribution < -0.4 is 0 Å². The van der Waals surface area contributed by atoms with Gasteiger partial charge in [0.05, 0.1) is 17.0 Å². The maximum absolute atomic E-state index is 13.4. The lowest BCUT2D eigenvalue weighted by Gasteiger charge is -2.08. The van der Waals surface area contributed by atoms with Crippen molar-refractivity contribution in [2.75, 3.05) is 0 Å². The second-order valence-electron chi connectivity index (χ2n) is 7.56. The molecule has 0 unspecified atom stereocenters. The SMILES string of the molecule is O=C(c1ccccc1)c1nc2cc(-c3ccc(Cl)cc3)nn2c2c1C(=O)c1ccccc1-2. The summed E-state index contributed by atoms with van der Waals surface area (Å²) in [6, 6.07) is 25.4. The molecule has 0 fully saturated rings. The molecule has 5 aromatic rings. The van der Waals surface area contributed by atoms with E-state index in [2.05, 4.69) is 4.98 Å². The van der Waals surface area contributed by atoms with Crippen LogP contribution in [-0.2, 0) is 0 Å². The highest BCUT2D eigenvalue weighted by Gasteiger charge is 2.35. The molecule has 6 rings (SSSR count). The summed E-state index contributed by atoms with van der Waals surface area (Å²) in [5, 5.41) is 5.37. The predicted octanol–water partition coefficient (Wildman–Crippen LogP) is 5.49. The van der Waals surface area contributed by atoms with Crippen molar-refractivity contribution in [2.45, 2.75) is 0 Å². The Morgan fingerprint density at radius 2 is 1.53 bits per heavy atom. The maximum atomic E-state index is 13.4. The van der Waals surface area contributed by atoms with E-state index in [1.54, 1.807) is 47.0 Å². The van der Waals surface area contributed by atoms with Crippen LogP contribution in [0.25, 0.3) is 28.2 Å². The van der Waals surface area contributed by atoms with Gasteiger partial charge in [-0.15, -0.1) is 0 Å². The second kappa shape index (κ2) is 6.97. The lowest BCUT2D eigenvalue weighted by atomic mass is 10.0. The molecule has 0 spiro atoms. The zero-order valence-electron chi connectivity index (χ0n) is 16.6. The van der Waals surface area contributed by atoms with Gasteiger partial charge in [0.2, 0.25) is 5.78 Å². The first-order valence-corrected chi connectivity index (χ1v) is 10.4. The second-order valence-corrected chi connectivity index (χ2v) is 8.00. The third kappa shape index (κ3) is 2.72. The molecule has 6 heteroatoms. The molecular formula is C26H14ClN3O2. The number of carbonyl (C=O) groups excluding carboxylic acids is 2. The Morgan fingerprint density at radius 3 is 2.28 bits per heavy atom. The van der Waals surface area contributed by atoms with Gasteiger partial charge in [-0.2, -0.15) is 5.10 Å². The van der Waals surface area contributed by atoms with Crippen LogP contribution in [0.1, 0.15) is 32.0 Å². The molecule has 0 aliphatic heterocycles. The van der Waals surface area contributed by atoms with E-state index >= 15 is 0 Å². The first-order valence-electron chi connectivity index (χ1n) is 10.1. The van der Waals surface area contributed by atoms with E-state index < -0.39 is 0 Å². The van der Waals surface area contributed by atoms with E-state index in [1.165, 1.54) is 0 Å². The van der Waals surface area contributed by atoms with Gasteiger partial charge < -0.3 is 0 Å². The molecule has 5 nitrogen and oxygen atoms in total. The number of halogens is 1. The van der Waals surface area contributed by atoms with Crippen molar-refractivity contribution in [3.8, 4) is 22.5 Å². The Morgan fingerprint density at radius 1 is 0.844 bits per heavy atom. The van der Waals surface area contributed by atoms with E-state index in [1.807, 2.05) is 42.5 Å². The van der Waals surface area contributed by atoms with E-state index in [-0.39, 0.29) is 17.3 Å². The number of benzene rings is 3. The number of carbonyl (C=O) groups is 2. The van der Waals surface area contributed by atoms with Gasteiger partial charge in [0, 0.05) is 33.3 Å². The summed E-state index contributed by atoms with van der Waals surface area (Å²) >= 11 is 6.03. The lowest BCUT2D eigenvalue weighted by Crippen LogP contribution is -2.13. The number of nitrogens with zero attached hydrogens (tertiary/aromatic N) is 3. The highest BCUT2D eigenvalue weighted by atomic mass is 35.5. The van der Waals surface area contributed by atoms with Gasteiger partial charge in [0.1, 0.15) is 5.69 Å². The summed E-state index contributed by atoms with van der Waals surface area (Å²) in [6.45, 7) is 0. The van der Waals surface area contributed by atoms with Crippen molar-refractivity contribution in [1.82, 2.24) is 14.6 Å². The van der Waals surface area contributed by atoms with Gasteiger partial charge in [-0.3, -0.25) is 9.59 Å². The zero-order chi connectivity index (χ0) is 21.8. The molecule has 32 heavy (non-hydrogen) atoms. The third-order valence-electron chi connectivity index (χ3n) is 5.65. The largest absolute Gasteiger partial charge is 0.288 e. The van der Waals surface area contributed by atoms with Crippen LogP contribution in [0.2, 0.25) is 5.02 Å². The Balaban J connectivity index is 1.66. The fraction of sp³-hybridized carbons (Fsp3) is 0. The highest BCUT2D eigenvalue weighted by molar-refractivity contribution is 6.30. The molecule has 0 saturated heterocycles. The molecule has 3 aromatic carbocycles. The van der Waals surface area contributed by atoms with Crippen LogP contribution in [0, 0.1) is 0 Å².